The fraction of sp³-hybridized carbons (Fsp3) is 0.316. The molecule has 5 heterocycles. The number of amides is 2. The molecule has 14 heteroatoms. The highest BCUT2D eigenvalue weighted by Gasteiger charge is 2.32. The molecule has 0 bridgehead atoms. The number of halogens is 1. The van der Waals surface area contributed by atoms with Gasteiger partial charge in [0.25, 0.3) is 0 Å². The van der Waals surface area contributed by atoms with E-state index in [4.69, 9.17) is 26.1 Å². The maximum atomic E-state index is 13.2. The third kappa shape index (κ3) is 7.77. The normalized spacial score (nSPS) is 14.6. The summed E-state index contributed by atoms with van der Waals surface area (Å²) in [5.74, 6) is 2.02. The molecule has 5 aromatic rings. The molecular formula is C38H39ClN8O4S. The quantitative estimate of drug-likeness (QED) is 0.118. The minimum absolute atomic E-state index is 0.0236. The molecule has 0 unspecified atom stereocenters. The van der Waals surface area contributed by atoms with Gasteiger partial charge >= 0.3 is 0 Å². The van der Waals surface area contributed by atoms with Crippen LogP contribution in [-0.2, 0) is 25.5 Å². The molecule has 0 spiro atoms. The Labute approximate surface area is 310 Å². The summed E-state index contributed by atoms with van der Waals surface area (Å²) in [5, 5.41) is 19.6. The highest BCUT2D eigenvalue weighted by atomic mass is 35.5. The van der Waals surface area contributed by atoms with Crippen LogP contribution in [0.4, 0.5) is 11.5 Å². The first kappa shape index (κ1) is 35.5. The molecule has 0 saturated heterocycles. The SMILES string of the molecule is Cc1sc2c(c1C)C(c1ccc(Cl)cc1)=N[C@@H](CC(=O)NCCOCCOCCNc1ccc(-c3ccc4c(c3)CC(=O)N4)cn1)c1nnc(C)n1-2. The maximum Gasteiger partial charge on any atom is 0.228 e. The van der Waals surface area contributed by atoms with Gasteiger partial charge in [-0.1, -0.05) is 29.8 Å². The van der Waals surface area contributed by atoms with Gasteiger partial charge in [0.05, 0.1) is 45.0 Å². The van der Waals surface area contributed by atoms with Crippen LogP contribution in [0.3, 0.4) is 0 Å². The molecule has 2 aromatic carbocycles. The van der Waals surface area contributed by atoms with Crippen LogP contribution in [0.1, 0.15) is 51.2 Å². The van der Waals surface area contributed by atoms with Crippen LogP contribution in [0, 0.1) is 20.8 Å². The first-order chi connectivity index (χ1) is 25.2. The molecule has 0 saturated carbocycles. The molecule has 52 heavy (non-hydrogen) atoms. The van der Waals surface area contributed by atoms with E-state index < -0.39 is 6.04 Å². The molecule has 3 aromatic heterocycles. The average Bonchev–Trinajstić information content (AvgIpc) is 3.77. The second-order valence-electron chi connectivity index (χ2n) is 12.6. The number of carbonyl (C=O) groups is 2. The lowest BCUT2D eigenvalue weighted by atomic mass is 9.99. The number of hydrogen-bond acceptors (Lipinski definition) is 10. The Hall–Kier alpha value is -4.95. The molecule has 1 atom stereocenters. The maximum absolute atomic E-state index is 13.2. The Balaban J connectivity index is 0.840. The number of carbonyl (C=O) groups excluding carboxylic acids is 2. The van der Waals surface area contributed by atoms with Crippen molar-refractivity contribution in [1.29, 1.82) is 0 Å². The zero-order valence-electron chi connectivity index (χ0n) is 29.2. The predicted molar refractivity (Wildman–Crippen MR) is 203 cm³/mol. The van der Waals surface area contributed by atoms with Crippen molar-refractivity contribution in [1.82, 2.24) is 25.1 Å². The summed E-state index contributed by atoms with van der Waals surface area (Å²) in [4.78, 5) is 35.7. The Morgan fingerprint density at radius 3 is 2.48 bits per heavy atom. The Morgan fingerprint density at radius 2 is 1.71 bits per heavy atom. The Bertz CT molecular complexity index is 2130. The van der Waals surface area contributed by atoms with E-state index in [9.17, 15) is 9.59 Å². The second kappa shape index (κ2) is 15.7. The fourth-order valence-electron chi connectivity index (χ4n) is 6.29. The van der Waals surface area contributed by atoms with E-state index >= 15 is 0 Å². The van der Waals surface area contributed by atoms with E-state index in [0.717, 1.165) is 61.4 Å². The van der Waals surface area contributed by atoms with Crippen molar-refractivity contribution >= 4 is 52.0 Å². The van der Waals surface area contributed by atoms with Crippen molar-refractivity contribution in [2.45, 2.75) is 39.7 Å². The summed E-state index contributed by atoms with van der Waals surface area (Å²) in [5.41, 5.74) is 7.80. The summed E-state index contributed by atoms with van der Waals surface area (Å²) in [6.45, 7) is 8.77. The van der Waals surface area contributed by atoms with Gasteiger partial charge in [0.15, 0.2) is 5.82 Å². The van der Waals surface area contributed by atoms with Crippen LogP contribution in [0.5, 0.6) is 0 Å². The minimum atomic E-state index is -0.530. The Morgan fingerprint density at radius 1 is 0.962 bits per heavy atom. The molecule has 0 fully saturated rings. The van der Waals surface area contributed by atoms with Crippen LogP contribution in [0.2, 0.25) is 5.02 Å². The average molecular weight is 739 g/mol. The third-order valence-corrected chi connectivity index (χ3v) is 10.5. The number of nitrogens with one attached hydrogen (secondary N) is 3. The number of anilines is 2. The van der Waals surface area contributed by atoms with Crippen molar-refractivity contribution in [3.05, 3.63) is 105 Å². The van der Waals surface area contributed by atoms with Gasteiger partial charge in [-0.3, -0.25) is 19.1 Å². The largest absolute Gasteiger partial charge is 0.377 e. The number of aliphatic imine (C=N–C) groups is 1. The monoisotopic (exact) mass is 738 g/mol. The lowest BCUT2D eigenvalue weighted by molar-refractivity contribution is -0.121. The highest BCUT2D eigenvalue weighted by Crippen LogP contribution is 2.39. The number of thiophene rings is 1. The van der Waals surface area contributed by atoms with Gasteiger partial charge in [0.2, 0.25) is 11.8 Å². The fourth-order valence-corrected chi connectivity index (χ4v) is 7.63. The van der Waals surface area contributed by atoms with Crippen LogP contribution >= 0.6 is 22.9 Å². The number of nitrogens with zero attached hydrogens (tertiary/aromatic N) is 5. The number of aryl methyl sites for hydroxylation is 2. The van der Waals surface area contributed by atoms with Gasteiger partial charge < -0.3 is 25.4 Å². The number of fused-ring (bicyclic) bond motifs is 4. The van der Waals surface area contributed by atoms with Crippen LogP contribution < -0.4 is 16.0 Å². The molecule has 2 aliphatic heterocycles. The molecule has 12 nitrogen and oxygen atoms in total. The van der Waals surface area contributed by atoms with E-state index in [0.29, 0.717) is 56.8 Å². The van der Waals surface area contributed by atoms with E-state index in [1.807, 2.05) is 72.3 Å². The topological polar surface area (TPSA) is 145 Å². The van der Waals surface area contributed by atoms with Gasteiger partial charge in [-0.2, -0.15) is 0 Å². The van der Waals surface area contributed by atoms with Crippen LogP contribution in [-0.4, -0.2) is 76.8 Å². The van der Waals surface area contributed by atoms with Gasteiger partial charge in [0.1, 0.15) is 22.7 Å². The summed E-state index contributed by atoms with van der Waals surface area (Å²) in [6, 6.07) is 17.0. The lowest BCUT2D eigenvalue weighted by Crippen LogP contribution is -2.29. The number of pyridine rings is 1. The zero-order valence-corrected chi connectivity index (χ0v) is 30.7. The predicted octanol–water partition coefficient (Wildman–Crippen LogP) is 6.01. The third-order valence-electron chi connectivity index (χ3n) is 9.06. The molecule has 3 N–H and O–H groups in total. The Kier molecular flexibility index (Phi) is 10.7. The lowest BCUT2D eigenvalue weighted by Gasteiger charge is -2.13. The second-order valence-corrected chi connectivity index (χ2v) is 14.3. The molecule has 2 amide bonds. The van der Waals surface area contributed by atoms with Crippen molar-refractivity contribution < 1.29 is 19.1 Å². The van der Waals surface area contributed by atoms with Gasteiger partial charge in [-0.15, -0.1) is 21.5 Å². The van der Waals surface area contributed by atoms with E-state index in [1.165, 1.54) is 4.88 Å². The molecule has 268 valence electrons. The first-order valence-corrected chi connectivity index (χ1v) is 18.4. The van der Waals surface area contributed by atoms with Gasteiger partial charge in [-0.25, -0.2) is 4.98 Å². The van der Waals surface area contributed by atoms with E-state index in [1.54, 1.807) is 11.3 Å². The minimum Gasteiger partial charge on any atom is -0.377 e. The van der Waals surface area contributed by atoms with Crippen molar-refractivity contribution in [2.75, 3.05) is 50.2 Å². The summed E-state index contributed by atoms with van der Waals surface area (Å²) in [7, 11) is 0. The zero-order chi connectivity index (χ0) is 36.2. The van der Waals surface area contributed by atoms with Crippen molar-refractivity contribution in [3.8, 4) is 16.1 Å². The van der Waals surface area contributed by atoms with Crippen LogP contribution in [0.25, 0.3) is 16.1 Å². The highest BCUT2D eigenvalue weighted by molar-refractivity contribution is 7.15. The van der Waals surface area contributed by atoms with Gasteiger partial charge in [-0.05, 0) is 73.9 Å². The smallest absolute Gasteiger partial charge is 0.228 e. The molecule has 7 rings (SSSR count). The van der Waals surface area contributed by atoms with E-state index in [2.05, 4.69) is 45.0 Å². The van der Waals surface area contributed by atoms with Crippen molar-refractivity contribution in [3.63, 3.8) is 0 Å². The van der Waals surface area contributed by atoms with Gasteiger partial charge in [0, 0.05) is 51.6 Å². The van der Waals surface area contributed by atoms with Crippen molar-refractivity contribution in [2.24, 2.45) is 4.99 Å². The first-order valence-electron chi connectivity index (χ1n) is 17.2. The number of hydrogen-bond donors (Lipinski definition) is 3. The molecule has 0 radical (unpaired) electrons. The standard InChI is InChI=1S/C38H39ClN8O4S/c1-22-23(2)52-38-35(22)36(25-4-8-29(39)9-5-25)44-31(37-46-45-24(3)47(37)38)20-33(48)41-13-15-51-17-16-50-14-12-40-32-11-7-27(21-42-32)26-6-10-30-28(18-26)19-34(49)43-30/h4-11,18,21,31H,12-17,19-20H2,1-3H3,(H,40,42)(H,41,48)(H,43,49)/t31-/m0/s1. The van der Waals surface area contributed by atoms with E-state index in [-0.39, 0.29) is 18.2 Å². The summed E-state index contributed by atoms with van der Waals surface area (Å²) < 4.78 is 13.4. The molecule has 0 aliphatic carbocycles. The molecule has 2 aliphatic rings. The summed E-state index contributed by atoms with van der Waals surface area (Å²) >= 11 is 7.89. The number of aromatic nitrogens is 4. The molecular weight excluding hydrogens is 700 g/mol. The number of rotatable bonds is 14. The number of ether oxygens (including phenoxy) is 2. The van der Waals surface area contributed by atoms with Crippen LogP contribution in [0.15, 0.2) is 65.8 Å². The number of benzene rings is 2. The summed E-state index contributed by atoms with van der Waals surface area (Å²) in [6.07, 6.45) is 2.34.